The molecular formula is C21H27ClFN3O4. The molecule has 7 nitrogen and oxygen atoms in total. The van der Waals surface area contributed by atoms with E-state index in [0.29, 0.717) is 13.1 Å². The number of piperidine rings is 1. The summed E-state index contributed by atoms with van der Waals surface area (Å²) >= 11 is 5.83. The van der Waals surface area contributed by atoms with Crippen LogP contribution in [0.2, 0.25) is 5.02 Å². The molecule has 1 aliphatic heterocycles. The molecule has 0 radical (unpaired) electrons. The Hall–Kier alpha value is -2.22. The smallest absolute Gasteiger partial charge is 0.410 e. The molecule has 164 valence electrons. The van der Waals surface area contributed by atoms with Crippen LogP contribution in [0, 0.1) is 28.5 Å². The summed E-state index contributed by atoms with van der Waals surface area (Å²) in [6.07, 6.45) is -0.379. The highest BCUT2D eigenvalue weighted by Gasteiger charge is 2.61. The number of hydrogen-bond acceptors (Lipinski definition) is 5. The van der Waals surface area contributed by atoms with Crippen molar-refractivity contribution in [2.75, 3.05) is 13.1 Å². The summed E-state index contributed by atoms with van der Waals surface area (Å²) < 4.78 is 19.8. The lowest BCUT2D eigenvalue weighted by atomic mass is 9.88. The van der Waals surface area contributed by atoms with Crippen LogP contribution in [0.4, 0.5) is 9.18 Å². The van der Waals surface area contributed by atoms with Crippen molar-refractivity contribution in [3.05, 3.63) is 39.5 Å². The summed E-state index contributed by atoms with van der Waals surface area (Å²) in [6, 6.07) is 3.21. The average Bonchev–Trinajstić information content (AvgIpc) is 3.11. The molecule has 1 saturated carbocycles. The highest BCUT2D eigenvalue weighted by Crippen LogP contribution is 2.52. The van der Waals surface area contributed by atoms with Gasteiger partial charge in [0.05, 0.1) is 10.6 Å². The minimum Gasteiger partial charge on any atom is -0.444 e. The monoisotopic (exact) mass is 439 g/mol. The van der Waals surface area contributed by atoms with Gasteiger partial charge in [-0.05, 0) is 52.5 Å². The van der Waals surface area contributed by atoms with Crippen LogP contribution in [-0.4, -0.2) is 41.1 Å². The van der Waals surface area contributed by atoms with Gasteiger partial charge in [-0.2, -0.15) is 4.91 Å². The molecule has 1 aromatic rings. The van der Waals surface area contributed by atoms with Crippen LogP contribution in [0.1, 0.15) is 46.2 Å². The Morgan fingerprint density at radius 1 is 1.23 bits per heavy atom. The second kappa shape index (κ2) is 7.80. The standard InChI is InChI=1S/C21H27ClFN3O4/c1-20(2,3)30-19(28)26-9-12-13(10-26)15(12)18(27)24-21(4,5)17(25-29)11-7-6-8-14(22)16(11)23/h6-8,12-13,15,17H,9-10H2,1-5H3,(H,24,27). The van der Waals surface area contributed by atoms with Gasteiger partial charge in [0.25, 0.3) is 0 Å². The van der Waals surface area contributed by atoms with Gasteiger partial charge in [-0.3, -0.25) is 4.79 Å². The van der Waals surface area contributed by atoms with Gasteiger partial charge in [-0.1, -0.05) is 28.9 Å². The quantitative estimate of drug-likeness (QED) is 0.693. The van der Waals surface area contributed by atoms with Gasteiger partial charge >= 0.3 is 6.09 Å². The Balaban J connectivity index is 1.62. The van der Waals surface area contributed by atoms with Gasteiger partial charge in [-0.15, -0.1) is 0 Å². The fourth-order valence-corrected chi connectivity index (χ4v) is 4.35. The molecule has 3 unspecified atom stereocenters. The van der Waals surface area contributed by atoms with Crippen LogP contribution in [0.3, 0.4) is 0 Å². The number of nitrogens with zero attached hydrogens (tertiary/aromatic N) is 2. The normalized spacial score (nSPS) is 24.1. The largest absolute Gasteiger partial charge is 0.444 e. The fourth-order valence-electron chi connectivity index (χ4n) is 4.17. The number of carbonyl (C=O) groups excluding carboxylic acids is 2. The van der Waals surface area contributed by atoms with Crippen molar-refractivity contribution >= 4 is 23.6 Å². The van der Waals surface area contributed by atoms with Crippen LogP contribution < -0.4 is 5.32 Å². The Morgan fingerprint density at radius 3 is 2.37 bits per heavy atom. The van der Waals surface area contributed by atoms with Crippen molar-refractivity contribution in [2.24, 2.45) is 22.9 Å². The molecule has 1 saturated heterocycles. The minimum absolute atomic E-state index is 0.0369. The first-order valence-electron chi connectivity index (χ1n) is 9.92. The van der Waals surface area contributed by atoms with Crippen LogP contribution in [-0.2, 0) is 9.53 Å². The van der Waals surface area contributed by atoms with E-state index in [9.17, 15) is 18.9 Å². The number of hydrogen-bond donors (Lipinski definition) is 1. The Kier molecular flexibility index (Phi) is 5.84. The number of likely N-dealkylation sites (tertiary alicyclic amines) is 1. The number of fused-ring (bicyclic) bond motifs is 1. The molecule has 0 bridgehead atoms. The van der Waals surface area contributed by atoms with Gasteiger partial charge in [-0.25, -0.2) is 9.18 Å². The summed E-state index contributed by atoms with van der Waals surface area (Å²) in [5.41, 5.74) is -1.65. The Morgan fingerprint density at radius 2 is 1.83 bits per heavy atom. The van der Waals surface area contributed by atoms with Crippen molar-refractivity contribution in [2.45, 2.75) is 51.8 Å². The average molecular weight is 440 g/mol. The lowest BCUT2D eigenvalue weighted by molar-refractivity contribution is -0.125. The highest BCUT2D eigenvalue weighted by atomic mass is 35.5. The van der Waals surface area contributed by atoms with Gasteiger partial charge in [0.15, 0.2) is 0 Å². The number of rotatable bonds is 5. The molecular weight excluding hydrogens is 413 g/mol. The molecule has 1 aliphatic carbocycles. The molecule has 1 N–H and O–H groups in total. The third-order valence-corrected chi connectivity index (χ3v) is 5.95. The molecule has 1 heterocycles. The number of ether oxygens (including phenoxy) is 1. The van der Waals surface area contributed by atoms with E-state index in [4.69, 9.17) is 16.3 Å². The van der Waals surface area contributed by atoms with Crippen molar-refractivity contribution < 1.29 is 18.7 Å². The summed E-state index contributed by atoms with van der Waals surface area (Å²) in [7, 11) is 0. The molecule has 9 heteroatoms. The van der Waals surface area contributed by atoms with E-state index < -0.39 is 23.0 Å². The van der Waals surface area contributed by atoms with Crippen LogP contribution in [0.15, 0.2) is 23.4 Å². The number of amides is 2. The number of nitroso groups, excluding NO2 is 1. The van der Waals surface area contributed by atoms with Gasteiger partial charge in [0, 0.05) is 24.6 Å². The topological polar surface area (TPSA) is 88.1 Å². The first-order valence-corrected chi connectivity index (χ1v) is 10.3. The summed E-state index contributed by atoms with van der Waals surface area (Å²) in [5.74, 6) is -1.09. The molecule has 3 atom stereocenters. The second-order valence-electron chi connectivity index (χ2n) is 9.60. The van der Waals surface area contributed by atoms with E-state index in [1.165, 1.54) is 18.2 Å². The van der Waals surface area contributed by atoms with E-state index in [1.54, 1.807) is 39.5 Å². The van der Waals surface area contributed by atoms with Gasteiger partial charge < -0.3 is 15.0 Å². The zero-order chi connectivity index (χ0) is 22.4. The maximum Gasteiger partial charge on any atom is 0.410 e. The SMILES string of the molecule is CC(C)(C)OC(=O)N1CC2C(C1)C2C(=O)NC(C)(C)C(N=O)c1cccc(Cl)c1F. The number of nitrogens with one attached hydrogen (secondary N) is 1. The number of benzene rings is 1. The zero-order valence-corrected chi connectivity index (χ0v) is 18.5. The fraction of sp³-hybridized carbons (Fsp3) is 0.619. The molecule has 2 fully saturated rings. The molecule has 30 heavy (non-hydrogen) atoms. The van der Waals surface area contributed by atoms with Gasteiger partial charge in [0.2, 0.25) is 5.91 Å². The van der Waals surface area contributed by atoms with E-state index >= 15 is 0 Å². The highest BCUT2D eigenvalue weighted by molar-refractivity contribution is 6.30. The third kappa shape index (κ3) is 4.43. The molecule has 3 rings (SSSR count). The van der Waals surface area contributed by atoms with E-state index in [0.717, 1.165) is 0 Å². The number of halogens is 2. The van der Waals surface area contributed by atoms with Crippen molar-refractivity contribution in [3.8, 4) is 0 Å². The molecule has 0 aromatic heterocycles. The molecule has 2 amide bonds. The maximum absolute atomic E-state index is 14.4. The molecule has 0 spiro atoms. The summed E-state index contributed by atoms with van der Waals surface area (Å²) in [4.78, 5) is 38.2. The lowest BCUT2D eigenvalue weighted by Gasteiger charge is -2.32. The predicted molar refractivity (Wildman–Crippen MR) is 110 cm³/mol. The van der Waals surface area contributed by atoms with E-state index in [2.05, 4.69) is 10.5 Å². The predicted octanol–water partition coefficient (Wildman–Crippen LogP) is 4.29. The molecule has 1 aromatic carbocycles. The summed E-state index contributed by atoms with van der Waals surface area (Å²) in [5, 5.41) is 5.81. The van der Waals surface area contributed by atoms with Crippen molar-refractivity contribution in [1.82, 2.24) is 10.2 Å². The van der Waals surface area contributed by atoms with Crippen LogP contribution in [0.5, 0.6) is 0 Å². The second-order valence-corrected chi connectivity index (χ2v) is 10.0. The van der Waals surface area contributed by atoms with Gasteiger partial charge in [0.1, 0.15) is 17.5 Å². The molecule has 2 aliphatic rings. The maximum atomic E-state index is 14.4. The van der Waals surface area contributed by atoms with Crippen LogP contribution >= 0.6 is 11.6 Å². The van der Waals surface area contributed by atoms with Crippen molar-refractivity contribution in [1.29, 1.82) is 0 Å². The first-order chi connectivity index (χ1) is 13.9. The van der Waals surface area contributed by atoms with Crippen molar-refractivity contribution in [3.63, 3.8) is 0 Å². The van der Waals surface area contributed by atoms with Crippen LogP contribution in [0.25, 0.3) is 0 Å². The van der Waals surface area contributed by atoms with E-state index in [-0.39, 0.29) is 40.3 Å². The number of carbonyl (C=O) groups is 2. The first kappa shape index (κ1) is 22.5. The minimum atomic E-state index is -1.14. The summed E-state index contributed by atoms with van der Waals surface area (Å²) in [6.45, 7) is 9.58. The third-order valence-electron chi connectivity index (χ3n) is 5.66. The zero-order valence-electron chi connectivity index (χ0n) is 17.7. The lowest BCUT2D eigenvalue weighted by Crippen LogP contribution is -2.49. The Labute approximate surface area is 180 Å². The Bertz CT molecular complexity index is 858. The van der Waals surface area contributed by atoms with E-state index in [1.807, 2.05) is 0 Å².